The van der Waals surface area contributed by atoms with Gasteiger partial charge in [-0.25, -0.2) is 9.98 Å². The maximum Gasteiger partial charge on any atom is 0.191 e. The minimum atomic E-state index is 0.475. The van der Waals surface area contributed by atoms with E-state index >= 15 is 0 Å². The van der Waals surface area contributed by atoms with E-state index in [9.17, 15) is 0 Å². The summed E-state index contributed by atoms with van der Waals surface area (Å²) < 4.78 is 0. The van der Waals surface area contributed by atoms with Crippen LogP contribution in [0.2, 0.25) is 0 Å². The van der Waals surface area contributed by atoms with Gasteiger partial charge in [-0.05, 0) is 25.3 Å². The molecule has 0 radical (unpaired) electrons. The van der Waals surface area contributed by atoms with Gasteiger partial charge in [-0.3, -0.25) is 0 Å². The molecular weight excluding hydrogens is 304 g/mol. The number of thiazole rings is 1. The lowest BCUT2D eigenvalue weighted by atomic mass is 10.1. The van der Waals surface area contributed by atoms with Gasteiger partial charge >= 0.3 is 0 Å². The molecule has 0 amide bonds. The fraction of sp³-hybridized carbons (Fsp3) is 0.444. The average molecular weight is 331 g/mol. The first-order valence-corrected chi connectivity index (χ1v) is 8.98. The van der Waals surface area contributed by atoms with Crippen molar-refractivity contribution in [1.29, 1.82) is 0 Å². The summed E-state index contributed by atoms with van der Waals surface area (Å²) in [6.07, 6.45) is 0. The maximum atomic E-state index is 4.64. The van der Waals surface area contributed by atoms with E-state index in [2.05, 4.69) is 78.0 Å². The number of aromatic nitrogens is 1. The first-order chi connectivity index (χ1) is 11.1. The van der Waals surface area contributed by atoms with Crippen molar-refractivity contribution >= 4 is 17.3 Å². The summed E-state index contributed by atoms with van der Waals surface area (Å²) in [7, 11) is 0. The van der Waals surface area contributed by atoms with Crippen molar-refractivity contribution in [3.05, 3.63) is 51.5 Å². The number of guanidine groups is 1. The van der Waals surface area contributed by atoms with Crippen LogP contribution in [0, 0.1) is 6.92 Å². The summed E-state index contributed by atoms with van der Waals surface area (Å²) in [4.78, 5) is 9.28. The molecule has 0 aliphatic carbocycles. The molecule has 0 aliphatic heterocycles. The van der Waals surface area contributed by atoms with Crippen molar-refractivity contribution in [3.63, 3.8) is 0 Å². The number of aryl methyl sites for hydroxylation is 1. The smallest absolute Gasteiger partial charge is 0.191 e. The summed E-state index contributed by atoms with van der Waals surface area (Å²) in [5, 5.41) is 9.87. The lowest BCUT2D eigenvalue weighted by Gasteiger charge is -2.10. The Bertz CT molecular complexity index is 629. The molecule has 2 rings (SSSR count). The highest BCUT2D eigenvalue weighted by molar-refractivity contribution is 7.09. The molecule has 1 aromatic heterocycles. The van der Waals surface area contributed by atoms with Crippen LogP contribution in [0.5, 0.6) is 0 Å². The predicted octanol–water partition coefficient (Wildman–Crippen LogP) is 3.83. The van der Waals surface area contributed by atoms with Crippen molar-refractivity contribution in [1.82, 2.24) is 15.6 Å². The summed E-state index contributed by atoms with van der Waals surface area (Å²) >= 11 is 1.70. The Morgan fingerprint density at radius 3 is 2.57 bits per heavy atom. The quantitative estimate of drug-likeness (QED) is 0.625. The number of aliphatic imine (C=N–C) groups is 1. The van der Waals surface area contributed by atoms with Gasteiger partial charge in [-0.1, -0.05) is 43.7 Å². The fourth-order valence-corrected chi connectivity index (χ4v) is 2.93. The third-order valence-electron chi connectivity index (χ3n) is 3.45. The molecular formula is C18H26N4S. The second-order valence-corrected chi connectivity index (χ2v) is 6.80. The molecule has 5 heteroatoms. The van der Waals surface area contributed by atoms with Crippen molar-refractivity contribution in [2.75, 3.05) is 6.54 Å². The van der Waals surface area contributed by atoms with E-state index in [0.29, 0.717) is 19.0 Å². The molecule has 0 saturated carbocycles. The second kappa shape index (κ2) is 8.67. The molecule has 0 bridgehead atoms. The van der Waals surface area contributed by atoms with Gasteiger partial charge < -0.3 is 10.6 Å². The van der Waals surface area contributed by atoms with E-state index < -0.39 is 0 Å². The van der Waals surface area contributed by atoms with Gasteiger partial charge in [0.15, 0.2) is 5.96 Å². The van der Waals surface area contributed by atoms with Crippen LogP contribution < -0.4 is 10.6 Å². The van der Waals surface area contributed by atoms with Crippen molar-refractivity contribution in [2.24, 2.45) is 4.99 Å². The minimum Gasteiger partial charge on any atom is -0.357 e. The second-order valence-electron chi connectivity index (χ2n) is 5.86. The monoisotopic (exact) mass is 330 g/mol. The van der Waals surface area contributed by atoms with Gasteiger partial charge in [-0.15, -0.1) is 11.3 Å². The summed E-state index contributed by atoms with van der Waals surface area (Å²) in [6.45, 7) is 10.7. The van der Waals surface area contributed by atoms with Gasteiger partial charge in [0.25, 0.3) is 0 Å². The summed E-state index contributed by atoms with van der Waals surface area (Å²) in [5.74, 6) is 1.30. The maximum absolute atomic E-state index is 4.64. The van der Waals surface area contributed by atoms with Gasteiger partial charge in [0.1, 0.15) is 5.01 Å². The fourth-order valence-electron chi connectivity index (χ4n) is 2.04. The first-order valence-electron chi connectivity index (χ1n) is 8.10. The molecule has 0 fully saturated rings. The molecule has 0 atom stereocenters. The van der Waals surface area contributed by atoms with Crippen LogP contribution in [0.15, 0.2) is 34.6 Å². The summed E-state index contributed by atoms with van der Waals surface area (Å²) in [5.41, 5.74) is 3.64. The number of hydrogen-bond acceptors (Lipinski definition) is 3. The minimum absolute atomic E-state index is 0.475. The molecule has 1 aromatic carbocycles. The number of rotatable bonds is 6. The van der Waals surface area contributed by atoms with Crippen LogP contribution in [-0.4, -0.2) is 17.5 Å². The third kappa shape index (κ3) is 5.67. The highest BCUT2D eigenvalue weighted by atomic mass is 32.1. The van der Waals surface area contributed by atoms with Gasteiger partial charge in [0.05, 0.1) is 18.8 Å². The van der Waals surface area contributed by atoms with Crippen LogP contribution in [0.4, 0.5) is 0 Å². The number of benzene rings is 1. The lowest BCUT2D eigenvalue weighted by Crippen LogP contribution is -2.36. The number of hydrogen-bond donors (Lipinski definition) is 2. The Kier molecular flexibility index (Phi) is 6.59. The molecule has 0 saturated heterocycles. The zero-order valence-electron chi connectivity index (χ0n) is 14.4. The van der Waals surface area contributed by atoms with Crippen molar-refractivity contribution in [3.8, 4) is 0 Å². The van der Waals surface area contributed by atoms with E-state index in [4.69, 9.17) is 0 Å². The predicted molar refractivity (Wildman–Crippen MR) is 99.0 cm³/mol. The van der Waals surface area contributed by atoms with Crippen molar-refractivity contribution in [2.45, 2.75) is 46.7 Å². The van der Waals surface area contributed by atoms with Gasteiger partial charge in [0, 0.05) is 11.9 Å². The topological polar surface area (TPSA) is 49.3 Å². The Labute approximate surface area is 143 Å². The highest BCUT2D eigenvalue weighted by Crippen LogP contribution is 2.17. The molecule has 4 nitrogen and oxygen atoms in total. The van der Waals surface area contributed by atoms with Gasteiger partial charge in [-0.2, -0.15) is 0 Å². The zero-order valence-corrected chi connectivity index (χ0v) is 15.2. The Morgan fingerprint density at radius 2 is 1.96 bits per heavy atom. The lowest BCUT2D eigenvalue weighted by molar-refractivity contribution is 0.788. The van der Waals surface area contributed by atoms with E-state index in [1.807, 2.05) is 0 Å². The molecule has 0 spiro atoms. The SMILES string of the molecule is CCNC(=NCc1ccc(C)cc1)NCc1nc(C(C)C)cs1. The van der Waals surface area contributed by atoms with Crippen LogP contribution in [0.25, 0.3) is 0 Å². The standard InChI is InChI=1S/C18H26N4S/c1-5-19-18(20-10-15-8-6-14(4)7-9-15)21-11-17-22-16(12-23-17)13(2)3/h6-9,12-13H,5,10-11H2,1-4H3,(H2,19,20,21). The van der Waals surface area contributed by atoms with Crippen LogP contribution in [-0.2, 0) is 13.1 Å². The number of nitrogens with one attached hydrogen (secondary N) is 2. The van der Waals surface area contributed by atoms with E-state index in [1.54, 1.807) is 11.3 Å². The average Bonchev–Trinajstić information content (AvgIpc) is 3.01. The molecule has 0 unspecified atom stereocenters. The molecule has 2 aromatic rings. The van der Waals surface area contributed by atoms with Crippen molar-refractivity contribution < 1.29 is 0 Å². The van der Waals surface area contributed by atoms with Crippen LogP contribution >= 0.6 is 11.3 Å². The third-order valence-corrected chi connectivity index (χ3v) is 4.32. The Hall–Kier alpha value is -1.88. The van der Waals surface area contributed by atoms with Crippen LogP contribution in [0.3, 0.4) is 0 Å². The molecule has 1 heterocycles. The van der Waals surface area contributed by atoms with Crippen LogP contribution in [0.1, 0.15) is 48.5 Å². The molecule has 23 heavy (non-hydrogen) atoms. The van der Waals surface area contributed by atoms with Gasteiger partial charge in [0.2, 0.25) is 0 Å². The molecule has 2 N–H and O–H groups in total. The normalized spacial score (nSPS) is 11.8. The number of nitrogens with zero attached hydrogens (tertiary/aromatic N) is 2. The van der Waals surface area contributed by atoms with E-state index in [-0.39, 0.29) is 0 Å². The zero-order chi connectivity index (χ0) is 16.7. The van der Waals surface area contributed by atoms with E-state index in [1.165, 1.54) is 11.1 Å². The molecule has 0 aliphatic rings. The summed E-state index contributed by atoms with van der Waals surface area (Å²) in [6, 6.07) is 8.48. The van der Waals surface area contributed by atoms with E-state index in [0.717, 1.165) is 23.2 Å². The Balaban J connectivity index is 1.94. The first kappa shape index (κ1) is 17.5. The Morgan fingerprint density at radius 1 is 1.22 bits per heavy atom. The highest BCUT2D eigenvalue weighted by Gasteiger charge is 2.06. The molecule has 124 valence electrons. The largest absolute Gasteiger partial charge is 0.357 e.